The summed E-state index contributed by atoms with van der Waals surface area (Å²) in [5.74, 6) is 0. The lowest BCUT2D eigenvalue weighted by molar-refractivity contribution is -0.119. The minimum absolute atomic E-state index is 0.0943. The first-order valence-electron chi connectivity index (χ1n) is 6.94. The molecule has 0 bridgehead atoms. The maximum absolute atomic E-state index is 11.7. The van der Waals surface area contributed by atoms with Crippen LogP contribution in [-0.2, 0) is 14.2 Å². The Morgan fingerprint density at radius 3 is 2.25 bits per heavy atom. The van der Waals surface area contributed by atoms with Crippen molar-refractivity contribution in [1.82, 2.24) is 10.2 Å². The second-order valence-corrected chi connectivity index (χ2v) is 5.84. The van der Waals surface area contributed by atoms with Crippen LogP contribution in [0.4, 0.5) is 4.79 Å². The number of rotatable bonds is 8. The maximum Gasteiger partial charge on any atom is 0.410 e. The lowest BCUT2D eigenvalue weighted by Gasteiger charge is -2.25. The molecule has 0 aliphatic carbocycles. The van der Waals surface area contributed by atoms with Crippen molar-refractivity contribution in [3.8, 4) is 0 Å². The fourth-order valence-electron chi connectivity index (χ4n) is 1.68. The average Bonchev–Trinajstić information content (AvgIpc) is 2.33. The first-order chi connectivity index (χ1) is 9.21. The lowest BCUT2D eigenvalue weighted by Crippen LogP contribution is -2.41. The second-order valence-electron chi connectivity index (χ2n) is 5.84. The van der Waals surface area contributed by atoms with E-state index in [0.717, 1.165) is 13.0 Å². The molecule has 6 heteroatoms. The number of methoxy groups -OCH3 is 2. The van der Waals surface area contributed by atoms with Crippen LogP contribution in [0.25, 0.3) is 0 Å². The Morgan fingerprint density at radius 1 is 1.25 bits per heavy atom. The van der Waals surface area contributed by atoms with Crippen LogP contribution in [0.3, 0.4) is 0 Å². The predicted octanol–water partition coefficient (Wildman–Crippen LogP) is 1.84. The number of ether oxygens (including phenoxy) is 3. The highest BCUT2D eigenvalue weighted by molar-refractivity contribution is 5.67. The van der Waals surface area contributed by atoms with Crippen molar-refractivity contribution in [2.24, 2.45) is 0 Å². The summed E-state index contributed by atoms with van der Waals surface area (Å²) >= 11 is 0. The zero-order valence-electron chi connectivity index (χ0n) is 13.9. The van der Waals surface area contributed by atoms with E-state index in [1.807, 2.05) is 27.7 Å². The zero-order valence-corrected chi connectivity index (χ0v) is 13.9. The molecule has 0 aliphatic heterocycles. The van der Waals surface area contributed by atoms with E-state index in [1.165, 1.54) is 0 Å². The molecular weight excluding hydrogens is 260 g/mol. The van der Waals surface area contributed by atoms with Crippen LogP contribution in [-0.4, -0.2) is 63.3 Å². The summed E-state index contributed by atoms with van der Waals surface area (Å²) in [6.45, 7) is 8.98. The molecular formula is C14H30N2O4. The van der Waals surface area contributed by atoms with E-state index < -0.39 is 5.60 Å². The van der Waals surface area contributed by atoms with Crippen molar-refractivity contribution in [3.63, 3.8) is 0 Å². The molecule has 0 aromatic rings. The molecule has 0 spiro atoms. The molecule has 0 aliphatic rings. The van der Waals surface area contributed by atoms with Gasteiger partial charge in [0.15, 0.2) is 6.29 Å². The van der Waals surface area contributed by atoms with Crippen LogP contribution in [0.15, 0.2) is 0 Å². The molecule has 0 rings (SSSR count). The molecule has 1 N–H and O–H groups in total. The third kappa shape index (κ3) is 8.35. The van der Waals surface area contributed by atoms with Gasteiger partial charge in [0.1, 0.15) is 5.60 Å². The Labute approximate surface area is 122 Å². The summed E-state index contributed by atoms with van der Waals surface area (Å²) < 4.78 is 15.6. The zero-order chi connectivity index (χ0) is 15.8. The average molecular weight is 290 g/mol. The van der Waals surface area contributed by atoms with Gasteiger partial charge in [-0.15, -0.1) is 0 Å². The first kappa shape index (κ1) is 19.1. The van der Waals surface area contributed by atoms with Crippen molar-refractivity contribution >= 4 is 6.09 Å². The monoisotopic (exact) mass is 290 g/mol. The molecule has 0 aromatic carbocycles. The second kappa shape index (κ2) is 9.15. The fourth-order valence-corrected chi connectivity index (χ4v) is 1.68. The predicted molar refractivity (Wildman–Crippen MR) is 78.8 cm³/mol. The molecule has 6 nitrogen and oxygen atoms in total. The lowest BCUT2D eigenvalue weighted by atomic mass is 10.2. The van der Waals surface area contributed by atoms with Gasteiger partial charge in [-0.1, -0.05) is 0 Å². The number of nitrogens with one attached hydrogen (secondary N) is 1. The highest BCUT2D eigenvalue weighted by Crippen LogP contribution is 2.09. The SMILES string of the molecule is COC(OC)C(C)NCCCN(C)C(=O)OC(C)(C)C. The minimum atomic E-state index is -0.456. The molecule has 0 saturated carbocycles. The van der Waals surface area contributed by atoms with Crippen LogP contribution in [0.5, 0.6) is 0 Å². The van der Waals surface area contributed by atoms with Crippen molar-refractivity contribution in [1.29, 1.82) is 0 Å². The standard InChI is InChI=1S/C14H30N2O4/c1-11(12(18-6)19-7)15-9-8-10-16(5)13(17)20-14(2,3)4/h11-12,15H,8-10H2,1-7H3. The third-order valence-corrected chi connectivity index (χ3v) is 2.71. The Kier molecular flexibility index (Phi) is 8.76. The van der Waals surface area contributed by atoms with Gasteiger partial charge in [-0.2, -0.15) is 0 Å². The van der Waals surface area contributed by atoms with Gasteiger partial charge in [-0.25, -0.2) is 4.79 Å². The molecule has 120 valence electrons. The number of amides is 1. The highest BCUT2D eigenvalue weighted by Gasteiger charge is 2.19. The first-order valence-corrected chi connectivity index (χ1v) is 6.94. The summed E-state index contributed by atoms with van der Waals surface area (Å²) in [4.78, 5) is 13.3. The third-order valence-electron chi connectivity index (χ3n) is 2.71. The molecule has 0 heterocycles. The normalized spacial score (nSPS) is 13.4. The van der Waals surface area contributed by atoms with E-state index >= 15 is 0 Å². The largest absolute Gasteiger partial charge is 0.444 e. The quantitative estimate of drug-likeness (QED) is 0.546. The highest BCUT2D eigenvalue weighted by atomic mass is 16.7. The van der Waals surface area contributed by atoms with Crippen molar-refractivity contribution in [3.05, 3.63) is 0 Å². The Morgan fingerprint density at radius 2 is 1.80 bits per heavy atom. The number of carbonyl (C=O) groups is 1. The maximum atomic E-state index is 11.7. The van der Waals surface area contributed by atoms with Crippen LogP contribution in [0, 0.1) is 0 Å². The van der Waals surface area contributed by atoms with E-state index in [-0.39, 0.29) is 18.4 Å². The van der Waals surface area contributed by atoms with Crippen LogP contribution < -0.4 is 5.32 Å². The van der Waals surface area contributed by atoms with Crippen molar-refractivity contribution in [2.45, 2.75) is 52.0 Å². The van der Waals surface area contributed by atoms with Gasteiger partial charge in [-0.05, 0) is 40.7 Å². The number of hydrogen-bond acceptors (Lipinski definition) is 5. The molecule has 0 fully saturated rings. The summed E-state index contributed by atoms with van der Waals surface area (Å²) in [5.41, 5.74) is -0.456. The van der Waals surface area contributed by atoms with E-state index in [0.29, 0.717) is 6.54 Å². The molecule has 1 amide bonds. The number of hydrogen-bond donors (Lipinski definition) is 1. The van der Waals surface area contributed by atoms with Gasteiger partial charge < -0.3 is 24.4 Å². The Bertz CT molecular complexity index is 275. The van der Waals surface area contributed by atoms with Gasteiger partial charge in [-0.3, -0.25) is 0 Å². The Hall–Kier alpha value is -0.850. The van der Waals surface area contributed by atoms with Gasteiger partial charge in [0.25, 0.3) is 0 Å². The van der Waals surface area contributed by atoms with Crippen molar-refractivity contribution < 1.29 is 19.0 Å². The fraction of sp³-hybridized carbons (Fsp3) is 0.929. The van der Waals surface area contributed by atoms with Crippen LogP contribution >= 0.6 is 0 Å². The summed E-state index contributed by atoms with van der Waals surface area (Å²) in [6.07, 6.45) is 0.274. The molecule has 1 atom stereocenters. The van der Waals surface area contributed by atoms with Gasteiger partial charge >= 0.3 is 6.09 Å². The molecule has 1 unspecified atom stereocenters. The minimum Gasteiger partial charge on any atom is -0.444 e. The van der Waals surface area contributed by atoms with Gasteiger partial charge in [0, 0.05) is 27.8 Å². The smallest absolute Gasteiger partial charge is 0.410 e. The Balaban J connectivity index is 3.87. The summed E-state index contributed by atoms with van der Waals surface area (Å²) in [7, 11) is 4.97. The molecule has 0 radical (unpaired) electrons. The topological polar surface area (TPSA) is 60.0 Å². The molecule has 0 aromatic heterocycles. The van der Waals surface area contributed by atoms with Gasteiger partial charge in [0.2, 0.25) is 0 Å². The molecule has 20 heavy (non-hydrogen) atoms. The van der Waals surface area contributed by atoms with Crippen molar-refractivity contribution in [2.75, 3.05) is 34.4 Å². The summed E-state index contributed by atoms with van der Waals surface area (Å²) in [5, 5.41) is 3.30. The van der Waals surface area contributed by atoms with E-state index in [2.05, 4.69) is 5.32 Å². The van der Waals surface area contributed by atoms with E-state index in [1.54, 1.807) is 26.2 Å². The summed E-state index contributed by atoms with van der Waals surface area (Å²) in [6, 6.07) is 0.0943. The van der Waals surface area contributed by atoms with E-state index in [4.69, 9.17) is 14.2 Å². The number of carbonyl (C=O) groups excluding carboxylic acids is 1. The van der Waals surface area contributed by atoms with Crippen LogP contribution in [0.2, 0.25) is 0 Å². The van der Waals surface area contributed by atoms with E-state index in [9.17, 15) is 4.79 Å². The van der Waals surface area contributed by atoms with Gasteiger partial charge in [0.05, 0.1) is 6.04 Å². The molecule has 0 saturated heterocycles. The number of nitrogens with zero attached hydrogens (tertiary/aromatic N) is 1. The van der Waals surface area contributed by atoms with Crippen LogP contribution in [0.1, 0.15) is 34.1 Å².